The molecule has 0 aliphatic heterocycles. The van der Waals surface area contributed by atoms with E-state index in [0.717, 1.165) is 6.42 Å². The lowest BCUT2D eigenvalue weighted by Gasteiger charge is -2.31. The van der Waals surface area contributed by atoms with Gasteiger partial charge in [-0.1, -0.05) is 40.0 Å². The molecule has 0 bridgehead atoms. The SMILES string of the molecule is CCCCCC(CCl)(CCl)CC(C)C. The van der Waals surface area contributed by atoms with Crippen LogP contribution in [-0.4, -0.2) is 11.8 Å². The van der Waals surface area contributed by atoms with Crippen LogP contribution in [-0.2, 0) is 0 Å². The predicted octanol–water partition coefficient (Wildman–Crippen LogP) is 5.08. The molecule has 0 unspecified atom stereocenters. The van der Waals surface area contributed by atoms with Gasteiger partial charge in [0.2, 0.25) is 0 Å². The Bertz CT molecular complexity index is 128. The van der Waals surface area contributed by atoms with Crippen LogP contribution < -0.4 is 0 Å². The molecule has 0 fully saturated rings. The maximum Gasteiger partial charge on any atom is 0.0291 e. The Morgan fingerprint density at radius 1 is 1.07 bits per heavy atom. The highest BCUT2D eigenvalue weighted by atomic mass is 35.5. The second-order valence-corrected chi connectivity index (χ2v) is 5.36. The summed E-state index contributed by atoms with van der Waals surface area (Å²) < 4.78 is 0. The van der Waals surface area contributed by atoms with Gasteiger partial charge < -0.3 is 0 Å². The number of rotatable bonds is 8. The van der Waals surface area contributed by atoms with Crippen molar-refractivity contribution in [2.75, 3.05) is 11.8 Å². The van der Waals surface area contributed by atoms with E-state index in [-0.39, 0.29) is 5.41 Å². The van der Waals surface area contributed by atoms with Crippen LogP contribution in [0.1, 0.15) is 52.9 Å². The highest BCUT2D eigenvalue weighted by Gasteiger charge is 2.28. The first-order valence-corrected chi connectivity index (χ1v) is 6.79. The van der Waals surface area contributed by atoms with E-state index in [4.69, 9.17) is 23.2 Å². The van der Waals surface area contributed by atoms with Crippen molar-refractivity contribution in [2.24, 2.45) is 11.3 Å². The molecule has 0 heterocycles. The zero-order chi connectivity index (χ0) is 11.0. The van der Waals surface area contributed by atoms with Crippen LogP contribution in [0.2, 0.25) is 0 Å². The number of hydrogen-bond acceptors (Lipinski definition) is 0. The molecule has 0 nitrogen and oxygen atoms in total. The maximum atomic E-state index is 6.06. The van der Waals surface area contributed by atoms with Gasteiger partial charge in [-0.2, -0.15) is 0 Å². The number of halogens is 2. The fourth-order valence-electron chi connectivity index (χ4n) is 2.00. The first kappa shape index (κ1) is 14.6. The fraction of sp³-hybridized carbons (Fsp3) is 1.00. The van der Waals surface area contributed by atoms with Crippen LogP contribution in [0.3, 0.4) is 0 Å². The van der Waals surface area contributed by atoms with Crippen molar-refractivity contribution >= 4 is 23.2 Å². The third-order valence-electron chi connectivity index (χ3n) is 2.72. The van der Waals surface area contributed by atoms with Crippen LogP contribution in [0.15, 0.2) is 0 Å². The van der Waals surface area contributed by atoms with Crippen LogP contribution in [0.5, 0.6) is 0 Å². The van der Waals surface area contributed by atoms with Crippen molar-refractivity contribution in [3.8, 4) is 0 Å². The van der Waals surface area contributed by atoms with E-state index >= 15 is 0 Å². The smallest absolute Gasteiger partial charge is 0.0291 e. The average molecular weight is 239 g/mol. The molecule has 0 spiro atoms. The first-order chi connectivity index (χ1) is 6.60. The second-order valence-electron chi connectivity index (χ2n) is 4.82. The Labute approximate surface area is 99.4 Å². The molecule has 0 aromatic carbocycles. The van der Waals surface area contributed by atoms with E-state index in [9.17, 15) is 0 Å². The minimum absolute atomic E-state index is 0.187. The van der Waals surface area contributed by atoms with Crippen LogP contribution >= 0.6 is 23.2 Å². The van der Waals surface area contributed by atoms with Crippen LogP contribution in [0.4, 0.5) is 0 Å². The van der Waals surface area contributed by atoms with E-state index in [2.05, 4.69) is 20.8 Å². The van der Waals surface area contributed by atoms with Gasteiger partial charge in [0.05, 0.1) is 0 Å². The van der Waals surface area contributed by atoms with Crippen molar-refractivity contribution in [3.05, 3.63) is 0 Å². The number of unbranched alkanes of at least 4 members (excludes halogenated alkanes) is 2. The molecular weight excluding hydrogens is 215 g/mol. The molecule has 0 aromatic rings. The first-order valence-electron chi connectivity index (χ1n) is 5.72. The van der Waals surface area contributed by atoms with E-state index in [1.165, 1.54) is 25.7 Å². The topological polar surface area (TPSA) is 0 Å². The molecular formula is C12H24Cl2. The molecule has 0 saturated carbocycles. The number of hydrogen-bond donors (Lipinski definition) is 0. The fourth-order valence-corrected chi connectivity index (χ4v) is 2.77. The Morgan fingerprint density at radius 3 is 2.00 bits per heavy atom. The summed E-state index contributed by atoms with van der Waals surface area (Å²) in [6, 6.07) is 0. The third kappa shape index (κ3) is 5.46. The standard InChI is InChI=1S/C12H24Cl2/c1-4-5-6-7-12(9-13,10-14)8-11(2)3/h11H,4-10H2,1-3H3. The molecule has 0 aliphatic rings. The zero-order valence-corrected chi connectivity index (χ0v) is 11.3. The van der Waals surface area contributed by atoms with Crippen molar-refractivity contribution in [1.82, 2.24) is 0 Å². The Morgan fingerprint density at radius 2 is 1.64 bits per heavy atom. The van der Waals surface area contributed by atoms with Gasteiger partial charge in [0, 0.05) is 11.8 Å². The monoisotopic (exact) mass is 238 g/mol. The molecule has 0 N–H and O–H groups in total. The van der Waals surface area contributed by atoms with Gasteiger partial charge in [0.15, 0.2) is 0 Å². The van der Waals surface area contributed by atoms with Crippen molar-refractivity contribution in [3.63, 3.8) is 0 Å². The molecule has 0 saturated heterocycles. The molecule has 0 aromatic heterocycles. The van der Waals surface area contributed by atoms with Crippen molar-refractivity contribution in [1.29, 1.82) is 0 Å². The quantitative estimate of drug-likeness (QED) is 0.409. The molecule has 0 amide bonds. The summed E-state index contributed by atoms with van der Waals surface area (Å²) >= 11 is 12.1. The lowest BCUT2D eigenvalue weighted by atomic mass is 9.79. The second kappa shape index (κ2) is 7.82. The van der Waals surface area contributed by atoms with E-state index in [1.807, 2.05) is 0 Å². The maximum absolute atomic E-state index is 6.06. The van der Waals surface area contributed by atoms with Crippen LogP contribution in [0.25, 0.3) is 0 Å². The largest absolute Gasteiger partial charge is 0.126 e. The molecule has 0 radical (unpaired) electrons. The molecule has 0 rings (SSSR count). The molecule has 2 heteroatoms. The van der Waals surface area contributed by atoms with Gasteiger partial charge >= 0.3 is 0 Å². The minimum atomic E-state index is 0.187. The van der Waals surface area contributed by atoms with Gasteiger partial charge in [0.25, 0.3) is 0 Å². The third-order valence-corrected chi connectivity index (χ3v) is 3.85. The Hall–Kier alpha value is 0.580. The summed E-state index contributed by atoms with van der Waals surface area (Å²) in [6.45, 7) is 6.72. The van der Waals surface area contributed by atoms with Crippen molar-refractivity contribution in [2.45, 2.75) is 52.9 Å². The molecule has 86 valence electrons. The van der Waals surface area contributed by atoms with Gasteiger partial charge in [-0.15, -0.1) is 23.2 Å². The van der Waals surface area contributed by atoms with E-state index < -0.39 is 0 Å². The minimum Gasteiger partial charge on any atom is -0.126 e. The van der Waals surface area contributed by atoms with Gasteiger partial charge in [-0.05, 0) is 24.2 Å². The van der Waals surface area contributed by atoms with Gasteiger partial charge in [-0.3, -0.25) is 0 Å². The number of alkyl halides is 2. The van der Waals surface area contributed by atoms with E-state index in [0.29, 0.717) is 17.7 Å². The summed E-state index contributed by atoms with van der Waals surface area (Å²) in [5.41, 5.74) is 0.187. The molecule has 0 atom stereocenters. The van der Waals surface area contributed by atoms with Gasteiger partial charge in [0.1, 0.15) is 0 Å². The van der Waals surface area contributed by atoms with Crippen molar-refractivity contribution < 1.29 is 0 Å². The lowest BCUT2D eigenvalue weighted by molar-refractivity contribution is 0.266. The normalized spacial score (nSPS) is 12.4. The predicted molar refractivity (Wildman–Crippen MR) is 67.5 cm³/mol. The summed E-state index contributed by atoms with van der Waals surface area (Å²) in [7, 11) is 0. The van der Waals surface area contributed by atoms with Gasteiger partial charge in [-0.25, -0.2) is 0 Å². The molecule has 0 aliphatic carbocycles. The van der Waals surface area contributed by atoms with E-state index in [1.54, 1.807) is 0 Å². The highest BCUT2D eigenvalue weighted by molar-refractivity contribution is 6.21. The lowest BCUT2D eigenvalue weighted by Crippen LogP contribution is -2.27. The summed E-state index contributed by atoms with van der Waals surface area (Å²) in [4.78, 5) is 0. The summed E-state index contributed by atoms with van der Waals surface area (Å²) in [5, 5.41) is 0. The molecule has 14 heavy (non-hydrogen) atoms. The highest BCUT2D eigenvalue weighted by Crippen LogP contribution is 2.35. The average Bonchev–Trinajstić information content (AvgIpc) is 2.16. The summed E-state index contributed by atoms with van der Waals surface area (Å²) in [6.07, 6.45) is 6.17. The summed E-state index contributed by atoms with van der Waals surface area (Å²) in [5.74, 6) is 2.10. The zero-order valence-electron chi connectivity index (χ0n) is 9.78. The Kier molecular flexibility index (Phi) is 8.14. The van der Waals surface area contributed by atoms with Crippen LogP contribution in [0, 0.1) is 11.3 Å². The Balaban J connectivity index is 4.07.